The van der Waals surface area contributed by atoms with E-state index >= 15 is 0 Å². The number of aromatic nitrogens is 2. The quantitative estimate of drug-likeness (QED) is 0.408. The third kappa shape index (κ3) is 4.89. The Labute approximate surface area is 167 Å². The van der Waals surface area contributed by atoms with Gasteiger partial charge in [0.1, 0.15) is 17.3 Å². The Hall–Kier alpha value is -2.80. The summed E-state index contributed by atoms with van der Waals surface area (Å²) in [5, 5.41) is 0. The highest BCUT2D eigenvalue weighted by Gasteiger charge is 2.15. The first-order valence-corrected chi connectivity index (χ1v) is 7.97. The Kier molecular flexibility index (Phi) is 7.01. The topological polar surface area (TPSA) is 52.3 Å². The molecule has 0 fully saturated rings. The minimum absolute atomic E-state index is 0. The van der Waals surface area contributed by atoms with Crippen LogP contribution in [0, 0.1) is 5.82 Å². The van der Waals surface area contributed by atoms with Crippen molar-refractivity contribution < 1.29 is 40.2 Å². The van der Waals surface area contributed by atoms with E-state index in [9.17, 15) is 9.18 Å². The average molecular weight is 433 g/mol. The predicted molar refractivity (Wildman–Crippen MR) is 93.7 cm³/mol. The molecule has 3 rings (SSSR count). The van der Waals surface area contributed by atoms with Crippen LogP contribution in [-0.2, 0) is 6.54 Å². The molecule has 0 saturated carbocycles. The number of Topliss-reactive ketones (excluding diaryl/α,β-unsaturated/α-hetero) is 1. The monoisotopic (exact) mass is 432 g/mol. The van der Waals surface area contributed by atoms with Crippen molar-refractivity contribution in [2.45, 2.75) is 6.54 Å². The van der Waals surface area contributed by atoms with Gasteiger partial charge in [-0.15, -0.1) is 0 Å². The van der Waals surface area contributed by atoms with Crippen LogP contribution in [0.2, 0.25) is 0 Å². The molecule has 7 heteroatoms. The molecule has 27 heavy (non-hydrogen) atoms. The molecule has 0 N–H and O–H groups in total. The van der Waals surface area contributed by atoms with Crippen LogP contribution in [0.25, 0.3) is 11.3 Å². The molecule has 0 aliphatic heterocycles. The Morgan fingerprint density at radius 2 is 1.81 bits per heavy atom. The molecule has 0 aliphatic carbocycles. The summed E-state index contributed by atoms with van der Waals surface area (Å²) >= 11 is 0. The summed E-state index contributed by atoms with van der Waals surface area (Å²) in [6.07, 6.45) is 3.36. The second-order valence-corrected chi connectivity index (χ2v) is 5.61. The summed E-state index contributed by atoms with van der Waals surface area (Å²) in [5.74, 6) is 0.860. The largest absolute Gasteiger partial charge is 1.00 e. The molecule has 3 aromatic rings. The van der Waals surface area contributed by atoms with Crippen molar-refractivity contribution in [3.8, 4) is 22.8 Å². The lowest BCUT2D eigenvalue weighted by atomic mass is 10.1. The number of benzene rings is 2. The summed E-state index contributed by atoms with van der Waals surface area (Å²) in [4.78, 5) is 16.7. The number of nitrogens with zero attached hydrogens (tertiary/aromatic N) is 2. The average Bonchev–Trinajstić information content (AvgIpc) is 2.68. The van der Waals surface area contributed by atoms with E-state index in [4.69, 9.17) is 9.47 Å². The van der Waals surface area contributed by atoms with Crippen LogP contribution in [0.5, 0.6) is 11.5 Å². The standard InChI is InChI=1S/C20H18FN2O3.BrH/c1-25-16-7-8-17(20(11-16)26-2)18-9-10-23(13-22-18)12-19(24)14-3-5-15(21)6-4-14;/h3-11,13H,12H2,1-2H3;1H/q+1;/p-1. The lowest BCUT2D eigenvalue weighted by molar-refractivity contribution is -0.686. The lowest BCUT2D eigenvalue weighted by Crippen LogP contribution is -3.00. The summed E-state index contributed by atoms with van der Waals surface area (Å²) in [5.41, 5.74) is 2.00. The van der Waals surface area contributed by atoms with Crippen molar-refractivity contribution in [3.05, 3.63) is 72.4 Å². The van der Waals surface area contributed by atoms with Gasteiger partial charge in [0.05, 0.1) is 26.0 Å². The molecular formula is C20H18BrFN2O3. The van der Waals surface area contributed by atoms with Gasteiger partial charge in [-0.2, -0.15) is 0 Å². The second-order valence-electron chi connectivity index (χ2n) is 5.61. The van der Waals surface area contributed by atoms with Gasteiger partial charge in [0, 0.05) is 17.7 Å². The number of carbonyl (C=O) groups excluding carboxylic acids is 1. The summed E-state index contributed by atoms with van der Waals surface area (Å²) in [6, 6.07) is 12.8. The van der Waals surface area contributed by atoms with E-state index in [2.05, 4.69) is 4.98 Å². The number of methoxy groups -OCH3 is 2. The molecule has 1 aromatic heterocycles. The first kappa shape index (κ1) is 20.5. The van der Waals surface area contributed by atoms with Gasteiger partial charge in [-0.25, -0.2) is 8.96 Å². The Balaban J connectivity index is 0.00000261. The normalized spacial score (nSPS) is 10.0. The van der Waals surface area contributed by atoms with Crippen LogP contribution < -0.4 is 31.0 Å². The minimum Gasteiger partial charge on any atom is -1.00 e. The number of carbonyl (C=O) groups is 1. The van der Waals surface area contributed by atoms with E-state index in [1.54, 1.807) is 37.4 Å². The van der Waals surface area contributed by atoms with Crippen LogP contribution in [0.4, 0.5) is 4.39 Å². The molecule has 0 unspecified atom stereocenters. The number of hydrogen-bond acceptors (Lipinski definition) is 4. The highest BCUT2D eigenvalue weighted by atomic mass is 79.9. The van der Waals surface area contributed by atoms with Gasteiger partial charge >= 0.3 is 0 Å². The molecule has 140 valence electrons. The number of ketones is 1. The van der Waals surface area contributed by atoms with Crippen molar-refractivity contribution in [3.63, 3.8) is 0 Å². The van der Waals surface area contributed by atoms with Crippen molar-refractivity contribution in [1.82, 2.24) is 4.98 Å². The number of hydrogen-bond donors (Lipinski definition) is 0. The Bertz CT molecular complexity index is 916. The highest BCUT2D eigenvalue weighted by molar-refractivity contribution is 5.94. The van der Waals surface area contributed by atoms with E-state index < -0.39 is 0 Å². The third-order valence-corrected chi connectivity index (χ3v) is 3.95. The van der Waals surface area contributed by atoms with E-state index in [-0.39, 0.29) is 35.1 Å². The van der Waals surface area contributed by atoms with Crippen molar-refractivity contribution in [2.24, 2.45) is 0 Å². The molecule has 0 radical (unpaired) electrons. The van der Waals surface area contributed by atoms with Gasteiger partial charge < -0.3 is 26.5 Å². The highest BCUT2D eigenvalue weighted by Crippen LogP contribution is 2.31. The van der Waals surface area contributed by atoms with E-state index in [1.807, 2.05) is 18.2 Å². The number of rotatable bonds is 6. The molecular weight excluding hydrogens is 415 g/mol. The third-order valence-electron chi connectivity index (χ3n) is 3.95. The summed E-state index contributed by atoms with van der Waals surface area (Å²) < 4.78 is 25.2. The van der Waals surface area contributed by atoms with Gasteiger partial charge in [-0.05, 0) is 41.4 Å². The minimum atomic E-state index is -0.367. The first-order chi connectivity index (χ1) is 12.6. The van der Waals surface area contributed by atoms with Gasteiger partial charge in [-0.3, -0.25) is 4.79 Å². The smallest absolute Gasteiger partial charge is 0.287 e. The maximum absolute atomic E-state index is 12.9. The Morgan fingerprint density at radius 3 is 2.41 bits per heavy atom. The predicted octanol–water partition coefficient (Wildman–Crippen LogP) is 0.0793. The maximum atomic E-state index is 12.9. The fourth-order valence-corrected chi connectivity index (χ4v) is 2.54. The second kappa shape index (κ2) is 9.23. The number of halogens is 2. The molecule has 1 heterocycles. The molecule has 0 saturated heterocycles. The first-order valence-electron chi connectivity index (χ1n) is 7.97. The molecule has 0 bridgehead atoms. The SMILES string of the molecule is COc1ccc(-c2cc[n+](CC(=O)c3ccc(F)cc3)cn2)c(OC)c1.[Br-]. The van der Waals surface area contributed by atoms with Crippen LogP contribution in [0.3, 0.4) is 0 Å². The van der Waals surface area contributed by atoms with Gasteiger partial charge in [-0.1, -0.05) is 0 Å². The summed E-state index contributed by atoms with van der Waals surface area (Å²) in [7, 11) is 3.18. The van der Waals surface area contributed by atoms with Crippen LogP contribution in [-0.4, -0.2) is 25.0 Å². The van der Waals surface area contributed by atoms with E-state index in [0.29, 0.717) is 17.1 Å². The molecule has 5 nitrogen and oxygen atoms in total. The van der Waals surface area contributed by atoms with Gasteiger partial charge in [0.25, 0.3) is 6.33 Å². The van der Waals surface area contributed by atoms with Crippen molar-refractivity contribution >= 4 is 5.78 Å². The molecule has 0 amide bonds. The molecule has 2 aromatic carbocycles. The fraction of sp³-hybridized carbons (Fsp3) is 0.150. The van der Waals surface area contributed by atoms with Crippen LogP contribution >= 0.6 is 0 Å². The zero-order chi connectivity index (χ0) is 18.5. The van der Waals surface area contributed by atoms with E-state index in [1.165, 1.54) is 24.3 Å². The maximum Gasteiger partial charge on any atom is 0.287 e. The molecule has 0 spiro atoms. The molecule has 0 aliphatic rings. The fourth-order valence-electron chi connectivity index (χ4n) is 2.54. The van der Waals surface area contributed by atoms with E-state index in [0.717, 1.165) is 11.3 Å². The van der Waals surface area contributed by atoms with Gasteiger partial charge in [0.2, 0.25) is 5.78 Å². The zero-order valence-corrected chi connectivity index (χ0v) is 16.4. The van der Waals surface area contributed by atoms with Crippen LogP contribution in [0.1, 0.15) is 10.4 Å². The summed E-state index contributed by atoms with van der Waals surface area (Å²) in [6.45, 7) is 0.124. The van der Waals surface area contributed by atoms with Crippen molar-refractivity contribution in [2.75, 3.05) is 14.2 Å². The zero-order valence-electron chi connectivity index (χ0n) is 14.9. The molecule has 0 atom stereocenters. The van der Waals surface area contributed by atoms with Crippen LogP contribution in [0.15, 0.2) is 61.1 Å². The van der Waals surface area contributed by atoms with Crippen molar-refractivity contribution in [1.29, 1.82) is 0 Å². The number of ether oxygens (including phenoxy) is 2. The Morgan fingerprint density at radius 1 is 1.07 bits per heavy atom. The van der Waals surface area contributed by atoms with Gasteiger partial charge in [0.15, 0.2) is 12.2 Å². The lowest BCUT2D eigenvalue weighted by Gasteiger charge is -2.08.